The van der Waals surface area contributed by atoms with Crippen LogP contribution in [0.3, 0.4) is 0 Å². The van der Waals surface area contributed by atoms with Gasteiger partial charge in [-0.1, -0.05) is 13.8 Å². The van der Waals surface area contributed by atoms with Crippen molar-refractivity contribution < 1.29 is 0 Å². The Morgan fingerprint density at radius 2 is 2.00 bits per heavy atom. The highest BCUT2D eigenvalue weighted by atomic mass is 79.9. The van der Waals surface area contributed by atoms with Crippen LogP contribution in [0.2, 0.25) is 0 Å². The first-order chi connectivity index (χ1) is 7.65. The zero-order chi connectivity index (χ0) is 12.0. The van der Waals surface area contributed by atoms with Crippen LogP contribution in [0.25, 0.3) is 0 Å². The molecule has 0 aliphatic carbocycles. The van der Waals surface area contributed by atoms with E-state index in [1.54, 1.807) is 0 Å². The van der Waals surface area contributed by atoms with Crippen LogP contribution in [-0.4, -0.2) is 18.6 Å². The number of hydrogen-bond donors (Lipinski definition) is 1. The van der Waals surface area contributed by atoms with E-state index >= 15 is 0 Å². The molecule has 0 radical (unpaired) electrons. The molecule has 0 fully saturated rings. The van der Waals surface area contributed by atoms with Gasteiger partial charge in [0.05, 0.1) is 0 Å². The van der Waals surface area contributed by atoms with E-state index in [0.29, 0.717) is 5.41 Å². The Balaban J connectivity index is 2.82. The van der Waals surface area contributed by atoms with Crippen molar-refractivity contribution >= 4 is 15.9 Å². The number of pyridine rings is 1. The third-order valence-electron chi connectivity index (χ3n) is 3.39. The fourth-order valence-corrected chi connectivity index (χ4v) is 2.59. The summed E-state index contributed by atoms with van der Waals surface area (Å²) in [5.74, 6) is 0. The van der Waals surface area contributed by atoms with Crippen LogP contribution in [0.4, 0.5) is 0 Å². The number of halogens is 1. The van der Waals surface area contributed by atoms with E-state index in [9.17, 15) is 0 Å². The van der Waals surface area contributed by atoms with E-state index in [-0.39, 0.29) is 0 Å². The van der Waals surface area contributed by atoms with Crippen molar-refractivity contribution in [1.82, 2.24) is 10.3 Å². The summed E-state index contributed by atoms with van der Waals surface area (Å²) >= 11 is 3.47. The van der Waals surface area contributed by atoms with Crippen molar-refractivity contribution in [1.29, 1.82) is 0 Å². The van der Waals surface area contributed by atoms with Crippen LogP contribution in [0.15, 0.2) is 22.9 Å². The van der Waals surface area contributed by atoms with Crippen molar-refractivity contribution in [3.8, 4) is 0 Å². The van der Waals surface area contributed by atoms with Gasteiger partial charge >= 0.3 is 0 Å². The molecule has 0 aliphatic rings. The standard InChI is InChI=1S/C13H21BrN2/c1-4-13(5-2,10-15-3)7-11-6-12(14)9-16-8-11/h6,8-9,15H,4-5,7,10H2,1-3H3. The lowest BCUT2D eigenvalue weighted by molar-refractivity contribution is 0.253. The Bertz CT molecular complexity index is 321. The van der Waals surface area contributed by atoms with Crippen LogP contribution >= 0.6 is 15.9 Å². The zero-order valence-electron chi connectivity index (χ0n) is 10.4. The number of nitrogens with one attached hydrogen (secondary N) is 1. The predicted molar refractivity (Wildman–Crippen MR) is 72.6 cm³/mol. The highest BCUT2D eigenvalue weighted by molar-refractivity contribution is 9.10. The van der Waals surface area contributed by atoms with Gasteiger partial charge in [0.25, 0.3) is 0 Å². The Labute approximate surface area is 107 Å². The summed E-state index contributed by atoms with van der Waals surface area (Å²) in [6.07, 6.45) is 7.28. The topological polar surface area (TPSA) is 24.9 Å². The van der Waals surface area contributed by atoms with Gasteiger partial charge in [0.2, 0.25) is 0 Å². The summed E-state index contributed by atoms with van der Waals surface area (Å²) in [5, 5.41) is 3.31. The van der Waals surface area contributed by atoms with Gasteiger partial charge in [0.1, 0.15) is 0 Å². The molecule has 0 bridgehead atoms. The third kappa shape index (κ3) is 3.56. The average molecular weight is 285 g/mol. The van der Waals surface area contributed by atoms with Crippen molar-refractivity contribution in [2.45, 2.75) is 33.1 Å². The van der Waals surface area contributed by atoms with Gasteiger partial charge in [-0.25, -0.2) is 0 Å². The highest BCUT2D eigenvalue weighted by Gasteiger charge is 2.25. The molecule has 1 N–H and O–H groups in total. The molecular weight excluding hydrogens is 264 g/mol. The van der Waals surface area contributed by atoms with Crippen LogP contribution in [0, 0.1) is 5.41 Å². The van der Waals surface area contributed by atoms with E-state index in [1.807, 2.05) is 19.4 Å². The second-order valence-electron chi connectivity index (χ2n) is 4.43. The molecule has 0 atom stereocenters. The molecule has 0 saturated carbocycles. The molecule has 1 heterocycles. The van der Waals surface area contributed by atoms with Crippen molar-refractivity contribution in [3.63, 3.8) is 0 Å². The van der Waals surface area contributed by atoms with E-state index in [4.69, 9.17) is 0 Å². The molecule has 2 nitrogen and oxygen atoms in total. The van der Waals surface area contributed by atoms with Gasteiger partial charge < -0.3 is 5.32 Å². The normalized spacial score (nSPS) is 11.8. The molecule has 0 saturated heterocycles. The van der Waals surface area contributed by atoms with Crippen molar-refractivity contribution in [2.24, 2.45) is 5.41 Å². The lowest BCUT2D eigenvalue weighted by Gasteiger charge is -2.31. The summed E-state index contributed by atoms with van der Waals surface area (Å²) < 4.78 is 1.07. The lowest BCUT2D eigenvalue weighted by atomic mass is 9.77. The second-order valence-corrected chi connectivity index (χ2v) is 5.34. The van der Waals surface area contributed by atoms with Gasteiger partial charge in [-0.2, -0.15) is 0 Å². The first kappa shape index (κ1) is 13.7. The summed E-state index contributed by atoms with van der Waals surface area (Å²) in [7, 11) is 2.03. The number of rotatable bonds is 6. The van der Waals surface area contributed by atoms with Crippen molar-refractivity contribution in [3.05, 3.63) is 28.5 Å². The Morgan fingerprint density at radius 3 is 2.50 bits per heavy atom. The molecule has 3 heteroatoms. The van der Waals surface area contributed by atoms with Gasteiger partial charge in [-0.15, -0.1) is 0 Å². The van der Waals surface area contributed by atoms with E-state index in [1.165, 1.54) is 18.4 Å². The molecular formula is C13H21BrN2. The highest BCUT2D eigenvalue weighted by Crippen LogP contribution is 2.30. The minimum absolute atomic E-state index is 0.358. The fourth-order valence-electron chi connectivity index (χ4n) is 2.17. The van der Waals surface area contributed by atoms with E-state index < -0.39 is 0 Å². The van der Waals surface area contributed by atoms with Crippen LogP contribution in [0.5, 0.6) is 0 Å². The van der Waals surface area contributed by atoms with Gasteiger partial charge in [-0.3, -0.25) is 4.98 Å². The largest absolute Gasteiger partial charge is 0.319 e. The molecule has 1 aromatic heterocycles. The van der Waals surface area contributed by atoms with Gasteiger partial charge in [0, 0.05) is 23.4 Å². The Kier molecular flexibility index (Phi) is 5.42. The van der Waals surface area contributed by atoms with Crippen LogP contribution in [-0.2, 0) is 6.42 Å². The fraction of sp³-hybridized carbons (Fsp3) is 0.615. The van der Waals surface area contributed by atoms with Gasteiger partial charge in [0.15, 0.2) is 0 Å². The Hall–Kier alpha value is -0.410. The maximum absolute atomic E-state index is 4.23. The SMILES string of the molecule is CCC(CC)(CNC)Cc1cncc(Br)c1. The molecule has 0 amide bonds. The molecule has 1 aromatic rings. The van der Waals surface area contributed by atoms with Crippen LogP contribution in [0.1, 0.15) is 32.3 Å². The number of hydrogen-bond acceptors (Lipinski definition) is 2. The lowest BCUT2D eigenvalue weighted by Crippen LogP contribution is -2.33. The van der Waals surface area contributed by atoms with Crippen LogP contribution < -0.4 is 5.32 Å². The van der Waals surface area contributed by atoms with Crippen molar-refractivity contribution in [2.75, 3.05) is 13.6 Å². The Morgan fingerprint density at radius 1 is 1.31 bits per heavy atom. The smallest absolute Gasteiger partial charge is 0.0410 e. The second kappa shape index (κ2) is 6.36. The quantitative estimate of drug-likeness (QED) is 0.866. The summed E-state index contributed by atoms with van der Waals surface area (Å²) in [5.41, 5.74) is 1.67. The predicted octanol–water partition coefficient (Wildman–Crippen LogP) is 3.41. The molecule has 0 spiro atoms. The maximum atomic E-state index is 4.23. The molecule has 0 aromatic carbocycles. The number of nitrogens with zero attached hydrogens (tertiary/aromatic N) is 1. The minimum Gasteiger partial charge on any atom is -0.319 e. The maximum Gasteiger partial charge on any atom is 0.0410 e. The molecule has 0 aliphatic heterocycles. The monoisotopic (exact) mass is 284 g/mol. The van der Waals surface area contributed by atoms with Gasteiger partial charge in [-0.05, 0) is 59.3 Å². The number of aromatic nitrogens is 1. The van der Waals surface area contributed by atoms with E-state index in [2.05, 4.69) is 46.1 Å². The summed E-state index contributed by atoms with van der Waals surface area (Å²) in [6.45, 7) is 5.60. The molecule has 0 unspecified atom stereocenters. The molecule has 90 valence electrons. The minimum atomic E-state index is 0.358. The summed E-state index contributed by atoms with van der Waals surface area (Å²) in [6, 6.07) is 2.17. The first-order valence-corrected chi connectivity index (χ1v) is 6.69. The molecule has 1 rings (SSSR count). The average Bonchev–Trinajstić information content (AvgIpc) is 2.28. The summed E-state index contributed by atoms with van der Waals surface area (Å²) in [4.78, 5) is 4.23. The first-order valence-electron chi connectivity index (χ1n) is 5.90. The third-order valence-corrected chi connectivity index (χ3v) is 3.83. The molecule has 16 heavy (non-hydrogen) atoms. The van der Waals surface area contributed by atoms with E-state index in [0.717, 1.165) is 17.4 Å². The zero-order valence-corrected chi connectivity index (χ0v) is 12.0.